The van der Waals surface area contributed by atoms with Crippen molar-refractivity contribution in [3.8, 4) is 0 Å². The summed E-state index contributed by atoms with van der Waals surface area (Å²) >= 11 is 1.46. The molecule has 0 saturated heterocycles. The predicted molar refractivity (Wildman–Crippen MR) is 67.6 cm³/mol. The monoisotopic (exact) mass is 238 g/mol. The minimum Gasteiger partial charge on any atom is -0.325 e. The number of ketones is 1. The number of Topliss-reactive ketones (excluding diaryl/α,β-unsaturated/α-hetero) is 1. The fraction of sp³-hybridized carbons (Fsp3) is 0.500. The molecular formula is C12H18N2OS. The van der Waals surface area contributed by atoms with Crippen LogP contribution in [0.5, 0.6) is 0 Å². The van der Waals surface area contributed by atoms with E-state index in [9.17, 15) is 4.79 Å². The molecule has 88 valence electrons. The fourth-order valence-electron chi connectivity index (χ4n) is 1.41. The van der Waals surface area contributed by atoms with Crippen molar-refractivity contribution < 1.29 is 4.79 Å². The second-order valence-electron chi connectivity index (χ2n) is 3.64. The molecule has 2 N–H and O–H groups in total. The van der Waals surface area contributed by atoms with Crippen LogP contribution in [0.1, 0.15) is 47.6 Å². The first kappa shape index (κ1) is 13.1. The molecule has 1 aromatic rings. The number of nitrogens with zero attached hydrogens (tertiary/aromatic N) is 1. The Morgan fingerprint density at radius 2 is 2.31 bits per heavy atom. The predicted octanol–water partition coefficient (Wildman–Crippen LogP) is 2.92. The zero-order chi connectivity index (χ0) is 11.8. The zero-order valence-corrected chi connectivity index (χ0v) is 10.3. The van der Waals surface area contributed by atoms with Gasteiger partial charge in [-0.2, -0.15) is 0 Å². The maximum Gasteiger partial charge on any atom is 0.182 e. The van der Waals surface area contributed by atoms with Gasteiger partial charge in [-0.1, -0.05) is 12.5 Å². The summed E-state index contributed by atoms with van der Waals surface area (Å²) in [6.45, 7) is 4.08. The molecule has 1 aromatic heterocycles. The smallest absolute Gasteiger partial charge is 0.182 e. The molecule has 0 amide bonds. The van der Waals surface area contributed by atoms with Crippen LogP contribution in [0.15, 0.2) is 18.0 Å². The van der Waals surface area contributed by atoms with Crippen molar-refractivity contribution in [3.05, 3.63) is 28.7 Å². The Bertz CT molecular complexity index is 347. The van der Waals surface area contributed by atoms with E-state index in [1.165, 1.54) is 11.3 Å². The molecule has 0 saturated carbocycles. The van der Waals surface area contributed by atoms with Crippen molar-refractivity contribution in [3.63, 3.8) is 0 Å². The van der Waals surface area contributed by atoms with Crippen molar-refractivity contribution in [2.24, 2.45) is 5.73 Å². The number of carbonyl (C=O) groups is 1. The minimum atomic E-state index is 0.134. The first-order valence-corrected chi connectivity index (χ1v) is 6.44. The number of aromatic nitrogens is 1. The summed E-state index contributed by atoms with van der Waals surface area (Å²) in [5, 5.41) is 2.63. The fourth-order valence-corrected chi connectivity index (χ4v) is 2.09. The average molecular weight is 238 g/mol. The molecule has 0 atom stereocenters. The van der Waals surface area contributed by atoms with Crippen LogP contribution in [0.4, 0.5) is 0 Å². The van der Waals surface area contributed by atoms with Crippen molar-refractivity contribution >= 4 is 17.1 Å². The molecule has 0 unspecified atom stereocenters. The van der Waals surface area contributed by atoms with Crippen LogP contribution in [0, 0.1) is 0 Å². The first-order chi connectivity index (χ1) is 7.77. The summed E-state index contributed by atoms with van der Waals surface area (Å²) in [7, 11) is 0. The summed E-state index contributed by atoms with van der Waals surface area (Å²) in [5.74, 6) is 0.134. The third kappa shape index (κ3) is 4.24. The van der Waals surface area contributed by atoms with E-state index in [0.717, 1.165) is 30.7 Å². The Hall–Kier alpha value is -1.00. The highest BCUT2D eigenvalue weighted by atomic mass is 32.1. The summed E-state index contributed by atoms with van der Waals surface area (Å²) in [6, 6.07) is 0. The molecule has 0 bridgehead atoms. The van der Waals surface area contributed by atoms with Gasteiger partial charge in [0, 0.05) is 18.3 Å². The molecule has 1 heterocycles. The lowest BCUT2D eigenvalue weighted by atomic mass is 10.1. The van der Waals surface area contributed by atoms with Gasteiger partial charge in [-0.15, -0.1) is 17.9 Å². The maximum atomic E-state index is 11.7. The van der Waals surface area contributed by atoms with Crippen LogP contribution in [0.3, 0.4) is 0 Å². The van der Waals surface area contributed by atoms with Gasteiger partial charge in [-0.25, -0.2) is 4.98 Å². The molecule has 0 aliphatic heterocycles. The number of carbonyl (C=O) groups excluding carboxylic acids is 1. The molecule has 0 aliphatic rings. The zero-order valence-electron chi connectivity index (χ0n) is 9.45. The lowest BCUT2D eigenvalue weighted by Crippen LogP contribution is -2.01. The summed E-state index contributed by atoms with van der Waals surface area (Å²) < 4.78 is 0. The van der Waals surface area contributed by atoms with Gasteiger partial charge in [0.15, 0.2) is 5.78 Å². The Kier molecular flexibility index (Phi) is 5.96. The Labute approximate surface area is 100 Å². The molecule has 0 aromatic carbocycles. The average Bonchev–Trinajstić information content (AvgIpc) is 2.77. The van der Waals surface area contributed by atoms with Crippen molar-refractivity contribution in [1.82, 2.24) is 4.98 Å². The minimum absolute atomic E-state index is 0.134. The van der Waals surface area contributed by atoms with Crippen LogP contribution in [0.25, 0.3) is 0 Å². The number of hydrogen-bond donors (Lipinski definition) is 1. The molecule has 0 radical (unpaired) electrons. The number of nitrogens with two attached hydrogens (primary N) is 1. The quantitative estimate of drug-likeness (QED) is 0.430. The van der Waals surface area contributed by atoms with E-state index < -0.39 is 0 Å². The van der Waals surface area contributed by atoms with Gasteiger partial charge in [0.25, 0.3) is 0 Å². The molecule has 16 heavy (non-hydrogen) atoms. The second kappa shape index (κ2) is 7.30. The second-order valence-corrected chi connectivity index (χ2v) is 4.58. The molecule has 1 rings (SSSR count). The van der Waals surface area contributed by atoms with Crippen LogP contribution in [-0.4, -0.2) is 10.8 Å². The van der Waals surface area contributed by atoms with Crippen LogP contribution < -0.4 is 5.73 Å². The van der Waals surface area contributed by atoms with E-state index in [1.807, 2.05) is 6.08 Å². The highest BCUT2D eigenvalue weighted by molar-refractivity contribution is 7.09. The van der Waals surface area contributed by atoms with Gasteiger partial charge in [0.1, 0.15) is 10.7 Å². The van der Waals surface area contributed by atoms with E-state index in [-0.39, 0.29) is 5.78 Å². The van der Waals surface area contributed by atoms with E-state index in [1.54, 1.807) is 5.38 Å². The van der Waals surface area contributed by atoms with Crippen molar-refractivity contribution in [2.45, 2.75) is 38.6 Å². The van der Waals surface area contributed by atoms with E-state index in [0.29, 0.717) is 18.7 Å². The van der Waals surface area contributed by atoms with Crippen molar-refractivity contribution in [2.75, 3.05) is 0 Å². The van der Waals surface area contributed by atoms with Crippen LogP contribution in [0.2, 0.25) is 0 Å². The summed E-state index contributed by atoms with van der Waals surface area (Å²) in [6.07, 6.45) is 6.65. The molecule has 0 aliphatic carbocycles. The lowest BCUT2D eigenvalue weighted by molar-refractivity contribution is 0.0975. The standard InChI is InChI=1S/C12H18N2OS/c1-2-3-4-5-6-7-11(15)10-9-16-12(8-13)14-10/h2,9H,1,3-8,13H2. The van der Waals surface area contributed by atoms with Gasteiger partial charge in [-0.3, -0.25) is 4.79 Å². The normalized spacial score (nSPS) is 10.3. The van der Waals surface area contributed by atoms with Gasteiger partial charge in [0.2, 0.25) is 0 Å². The number of thiazole rings is 1. The van der Waals surface area contributed by atoms with Crippen LogP contribution in [-0.2, 0) is 6.54 Å². The number of hydrogen-bond acceptors (Lipinski definition) is 4. The Morgan fingerprint density at radius 1 is 1.50 bits per heavy atom. The van der Waals surface area contributed by atoms with E-state index in [4.69, 9.17) is 5.73 Å². The molecule has 4 heteroatoms. The van der Waals surface area contributed by atoms with Gasteiger partial charge < -0.3 is 5.73 Å². The molecule has 0 fully saturated rings. The van der Waals surface area contributed by atoms with Crippen LogP contribution >= 0.6 is 11.3 Å². The number of unbranched alkanes of at least 4 members (excludes halogenated alkanes) is 3. The van der Waals surface area contributed by atoms with E-state index in [2.05, 4.69) is 11.6 Å². The SMILES string of the molecule is C=CCCCCCC(=O)c1csc(CN)n1. The third-order valence-corrected chi connectivity index (χ3v) is 3.20. The largest absolute Gasteiger partial charge is 0.325 e. The first-order valence-electron chi connectivity index (χ1n) is 5.56. The highest BCUT2D eigenvalue weighted by Crippen LogP contribution is 2.13. The summed E-state index contributed by atoms with van der Waals surface area (Å²) in [5.41, 5.74) is 6.02. The van der Waals surface area contributed by atoms with E-state index >= 15 is 0 Å². The number of rotatable bonds is 8. The molecule has 0 spiro atoms. The highest BCUT2D eigenvalue weighted by Gasteiger charge is 2.09. The number of allylic oxidation sites excluding steroid dienone is 1. The molecular weight excluding hydrogens is 220 g/mol. The maximum absolute atomic E-state index is 11.7. The van der Waals surface area contributed by atoms with Gasteiger partial charge in [-0.05, 0) is 19.3 Å². The Morgan fingerprint density at radius 3 is 2.94 bits per heavy atom. The van der Waals surface area contributed by atoms with Gasteiger partial charge in [0.05, 0.1) is 0 Å². The molecule has 3 nitrogen and oxygen atoms in total. The third-order valence-electron chi connectivity index (χ3n) is 2.32. The lowest BCUT2D eigenvalue weighted by Gasteiger charge is -1.97. The summed E-state index contributed by atoms with van der Waals surface area (Å²) in [4.78, 5) is 15.9. The van der Waals surface area contributed by atoms with Crippen molar-refractivity contribution in [1.29, 1.82) is 0 Å². The topological polar surface area (TPSA) is 56.0 Å². The van der Waals surface area contributed by atoms with Gasteiger partial charge >= 0.3 is 0 Å². The Balaban J connectivity index is 2.26.